The minimum absolute atomic E-state index is 0.143. The zero-order valence-electron chi connectivity index (χ0n) is 11.4. The average molecular weight is 273 g/mol. The summed E-state index contributed by atoms with van der Waals surface area (Å²) in [7, 11) is 0. The van der Waals surface area contributed by atoms with Gasteiger partial charge in [-0.3, -0.25) is 4.79 Å². The van der Waals surface area contributed by atoms with Crippen molar-refractivity contribution in [2.24, 2.45) is 0 Å². The lowest BCUT2D eigenvalue weighted by Gasteiger charge is -2.19. The topological polar surface area (TPSA) is 17.1 Å². The van der Waals surface area contributed by atoms with Gasteiger partial charge in [0.2, 0.25) is 0 Å². The van der Waals surface area contributed by atoms with E-state index in [1.807, 2.05) is 6.07 Å². The van der Waals surface area contributed by atoms with Crippen molar-refractivity contribution in [1.29, 1.82) is 0 Å². The predicted molar refractivity (Wildman–Crippen MR) is 81.0 cm³/mol. The van der Waals surface area contributed by atoms with Crippen LogP contribution in [0.3, 0.4) is 0 Å². The Balaban J connectivity index is 2.40. The molecular weight excluding hydrogens is 256 g/mol. The van der Waals surface area contributed by atoms with E-state index in [4.69, 9.17) is 11.6 Å². The van der Waals surface area contributed by atoms with Crippen molar-refractivity contribution >= 4 is 17.9 Å². The molecule has 0 atom stereocenters. The Morgan fingerprint density at radius 1 is 1.00 bits per heavy atom. The van der Waals surface area contributed by atoms with Crippen LogP contribution >= 0.6 is 11.6 Å². The molecule has 0 saturated carbocycles. The lowest BCUT2D eigenvalue weighted by Crippen LogP contribution is -2.10. The Hall–Kier alpha value is -1.60. The van der Waals surface area contributed by atoms with Gasteiger partial charge < -0.3 is 0 Å². The van der Waals surface area contributed by atoms with Crippen LogP contribution in [0.25, 0.3) is 11.1 Å². The minimum Gasteiger partial charge on any atom is -0.298 e. The molecule has 2 heteroatoms. The van der Waals surface area contributed by atoms with Crippen LogP contribution < -0.4 is 0 Å². The van der Waals surface area contributed by atoms with E-state index in [2.05, 4.69) is 45.0 Å². The van der Waals surface area contributed by atoms with E-state index in [-0.39, 0.29) is 5.41 Å². The first-order chi connectivity index (χ1) is 8.91. The van der Waals surface area contributed by atoms with Gasteiger partial charge in [0.25, 0.3) is 0 Å². The molecule has 2 aromatic rings. The molecule has 0 amide bonds. The monoisotopic (exact) mass is 272 g/mol. The highest BCUT2D eigenvalue weighted by Gasteiger charge is 2.13. The summed E-state index contributed by atoms with van der Waals surface area (Å²) in [5.41, 5.74) is 4.05. The van der Waals surface area contributed by atoms with Crippen molar-refractivity contribution in [2.45, 2.75) is 26.2 Å². The second kappa shape index (κ2) is 5.18. The molecular formula is C17H17ClO. The Bertz CT molecular complexity index is 592. The van der Waals surface area contributed by atoms with Gasteiger partial charge in [0.15, 0.2) is 0 Å². The van der Waals surface area contributed by atoms with Crippen LogP contribution in [0.4, 0.5) is 0 Å². The molecule has 19 heavy (non-hydrogen) atoms. The zero-order chi connectivity index (χ0) is 14.0. The van der Waals surface area contributed by atoms with Gasteiger partial charge in [-0.25, -0.2) is 0 Å². The van der Waals surface area contributed by atoms with E-state index < -0.39 is 0 Å². The normalized spacial score (nSPS) is 11.4. The third kappa shape index (κ3) is 3.05. The highest BCUT2D eigenvalue weighted by molar-refractivity contribution is 6.33. The molecule has 0 spiro atoms. The molecule has 0 aliphatic heterocycles. The SMILES string of the molecule is CC(C)(C)c1ccc(-c2ccc(C=O)cc2Cl)cc1. The molecule has 0 radical (unpaired) electrons. The first kappa shape index (κ1) is 13.8. The van der Waals surface area contributed by atoms with Crippen LogP contribution in [0.2, 0.25) is 5.02 Å². The lowest BCUT2D eigenvalue weighted by atomic mass is 9.86. The maximum absolute atomic E-state index is 10.7. The summed E-state index contributed by atoms with van der Waals surface area (Å²) in [5, 5.41) is 0.605. The molecule has 1 nitrogen and oxygen atoms in total. The fourth-order valence-corrected chi connectivity index (χ4v) is 2.29. The van der Waals surface area contributed by atoms with Crippen LogP contribution in [0.1, 0.15) is 36.7 Å². The Labute approximate surface area is 119 Å². The summed E-state index contributed by atoms with van der Waals surface area (Å²) in [6.07, 6.45) is 0.804. The molecule has 0 saturated heterocycles. The van der Waals surface area contributed by atoms with Crippen LogP contribution in [-0.4, -0.2) is 6.29 Å². The second-order valence-electron chi connectivity index (χ2n) is 5.68. The molecule has 0 N–H and O–H groups in total. The summed E-state index contributed by atoms with van der Waals surface area (Å²) in [6, 6.07) is 13.8. The van der Waals surface area contributed by atoms with E-state index in [0.717, 1.165) is 17.4 Å². The number of carbonyl (C=O) groups is 1. The summed E-state index contributed by atoms with van der Waals surface area (Å²) in [5.74, 6) is 0. The van der Waals surface area contributed by atoms with Crippen molar-refractivity contribution < 1.29 is 4.79 Å². The molecule has 0 fully saturated rings. The number of benzene rings is 2. The van der Waals surface area contributed by atoms with Crippen molar-refractivity contribution in [2.75, 3.05) is 0 Å². The number of hydrogen-bond donors (Lipinski definition) is 0. The van der Waals surface area contributed by atoms with Crippen LogP contribution in [-0.2, 0) is 5.41 Å². The zero-order valence-corrected chi connectivity index (χ0v) is 12.2. The average Bonchev–Trinajstić information content (AvgIpc) is 2.37. The first-order valence-corrected chi connectivity index (χ1v) is 6.65. The summed E-state index contributed by atoms with van der Waals surface area (Å²) < 4.78 is 0. The minimum atomic E-state index is 0.143. The van der Waals surface area contributed by atoms with Gasteiger partial charge in [0.05, 0.1) is 0 Å². The van der Waals surface area contributed by atoms with Gasteiger partial charge in [-0.1, -0.05) is 68.8 Å². The Kier molecular flexibility index (Phi) is 3.77. The second-order valence-corrected chi connectivity index (χ2v) is 6.09. The predicted octanol–water partition coefficient (Wildman–Crippen LogP) is 5.12. The number of carbonyl (C=O) groups excluding carboxylic acids is 1. The maximum atomic E-state index is 10.7. The highest BCUT2D eigenvalue weighted by atomic mass is 35.5. The molecule has 0 aliphatic rings. The van der Waals surface area contributed by atoms with Gasteiger partial charge in [-0.05, 0) is 22.6 Å². The van der Waals surface area contributed by atoms with Crippen LogP contribution in [0.5, 0.6) is 0 Å². The quantitative estimate of drug-likeness (QED) is 0.694. The van der Waals surface area contributed by atoms with E-state index in [1.54, 1.807) is 12.1 Å². The van der Waals surface area contributed by atoms with E-state index >= 15 is 0 Å². The number of hydrogen-bond acceptors (Lipinski definition) is 1. The van der Waals surface area contributed by atoms with E-state index in [9.17, 15) is 4.79 Å². The lowest BCUT2D eigenvalue weighted by molar-refractivity contribution is 0.112. The van der Waals surface area contributed by atoms with Gasteiger partial charge in [0, 0.05) is 16.1 Å². The summed E-state index contributed by atoms with van der Waals surface area (Å²) >= 11 is 6.21. The van der Waals surface area contributed by atoms with E-state index in [1.165, 1.54) is 5.56 Å². The van der Waals surface area contributed by atoms with Crippen LogP contribution in [0.15, 0.2) is 42.5 Å². The summed E-state index contributed by atoms with van der Waals surface area (Å²) in [6.45, 7) is 6.57. The van der Waals surface area contributed by atoms with Gasteiger partial charge in [0.1, 0.15) is 6.29 Å². The molecule has 2 rings (SSSR count). The molecule has 0 unspecified atom stereocenters. The standard InChI is InChI=1S/C17H17ClO/c1-17(2,3)14-7-5-13(6-8-14)15-9-4-12(11-19)10-16(15)18/h4-11H,1-3H3. The van der Waals surface area contributed by atoms with E-state index in [0.29, 0.717) is 10.6 Å². The molecule has 0 aliphatic carbocycles. The van der Waals surface area contributed by atoms with Gasteiger partial charge >= 0.3 is 0 Å². The number of rotatable bonds is 2. The first-order valence-electron chi connectivity index (χ1n) is 6.27. The molecule has 0 aromatic heterocycles. The smallest absolute Gasteiger partial charge is 0.150 e. The van der Waals surface area contributed by atoms with Gasteiger partial charge in [-0.2, -0.15) is 0 Å². The van der Waals surface area contributed by atoms with Crippen molar-refractivity contribution in [3.8, 4) is 11.1 Å². The Morgan fingerprint density at radius 2 is 1.63 bits per heavy atom. The van der Waals surface area contributed by atoms with Crippen molar-refractivity contribution in [3.05, 3.63) is 58.6 Å². The fourth-order valence-electron chi connectivity index (χ4n) is 1.99. The number of aldehydes is 1. The fraction of sp³-hybridized carbons (Fsp3) is 0.235. The molecule has 2 aromatic carbocycles. The van der Waals surface area contributed by atoms with Gasteiger partial charge in [-0.15, -0.1) is 0 Å². The molecule has 98 valence electrons. The third-order valence-electron chi connectivity index (χ3n) is 3.19. The Morgan fingerprint density at radius 3 is 2.11 bits per heavy atom. The number of halogens is 1. The third-order valence-corrected chi connectivity index (χ3v) is 3.50. The summed E-state index contributed by atoms with van der Waals surface area (Å²) in [4.78, 5) is 10.7. The molecule has 0 bridgehead atoms. The van der Waals surface area contributed by atoms with Crippen molar-refractivity contribution in [3.63, 3.8) is 0 Å². The van der Waals surface area contributed by atoms with Crippen LogP contribution in [0, 0.1) is 0 Å². The highest BCUT2D eigenvalue weighted by Crippen LogP contribution is 2.30. The maximum Gasteiger partial charge on any atom is 0.150 e. The molecule has 0 heterocycles. The van der Waals surface area contributed by atoms with Crippen molar-refractivity contribution in [1.82, 2.24) is 0 Å². The largest absolute Gasteiger partial charge is 0.298 e.